The number of amides is 4. The van der Waals surface area contributed by atoms with Gasteiger partial charge in [0, 0.05) is 26.6 Å². The van der Waals surface area contributed by atoms with Crippen molar-refractivity contribution in [3.05, 3.63) is 102 Å². The number of hydrogen-bond donors (Lipinski definition) is 4. The number of hydrogen-bond acceptors (Lipinski definition) is 7. The molecule has 226 valence electrons. The third kappa shape index (κ3) is 5.45. The third-order valence-electron chi connectivity index (χ3n) is 8.23. The van der Waals surface area contributed by atoms with Crippen molar-refractivity contribution in [2.24, 2.45) is 0 Å². The van der Waals surface area contributed by atoms with Crippen molar-refractivity contribution in [3.8, 4) is 17.2 Å². The zero-order valence-corrected chi connectivity index (χ0v) is 24.1. The van der Waals surface area contributed by atoms with Gasteiger partial charge in [-0.3, -0.25) is 9.59 Å². The summed E-state index contributed by atoms with van der Waals surface area (Å²) in [6.07, 6.45) is -0.883. The summed E-state index contributed by atoms with van der Waals surface area (Å²) >= 11 is 0. The SMILES string of the molecule is CN1CC(=O)N2[C@@H](Cc3cc(O)c(O)c(O)c3)C(=O)N(Cc3cccc4ccccc34)C[C@@H]2N1C(=O)NCc1ccccc1. The summed E-state index contributed by atoms with van der Waals surface area (Å²) in [5.41, 5.74) is 2.17. The Kier molecular flexibility index (Phi) is 7.71. The Morgan fingerprint density at radius 1 is 0.886 bits per heavy atom. The Hall–Kier alpha value is -5.29. The van der Waals surface area contributed by atoms with Crippen molar-refractivity contribution in [2.75, 3.05) is 20.1 Å². The first-order valence-corrected chi connectivity index (χ1v) is 14.3. The number of piperazine rings is 1. The molecule has 2 heterocycles. The molecule has 0 radical (unpaired) electrons. The summed E-state index contributed by atoms with van der Waals surface area (Å²) in [6.45, 7) is 0.456. The molecule has 44 heavy (non-hydrogen) atoms. The lowest BCUT2D eigenvalue weighted by molar-refractivity contribution is -0.187. The third-order valence-corrected chi connectivity index (χ3v) is 8.23. The smallest absolute Gasteiger partial charge is 0.334 e. The average molecular weight is 596 g/mol. The molecule has 2 saturated heterocycles. The Morgan fingerprint density at radius 3 is 2.32 bits per heavy atom. The molecule has 4 aromatic carbocycles. The fourth-order valence-corrected chi connectivity index (χ4v) is 6.14. The van der Waals surface area contributed by atoms with Gasteiger partial charge in [0.1, 0.15) is 12.2 Å². The van der Waals surface area contributed by atoms with Crippen LogP contribution in [-0.4, -0.2) is 85.3 Å². The van der Waals surface area contributed by atoms with Gasteiger partial charge in [-0.15, -0.1) is 0 Å². The number of urea groups is 1. The number of likely N-dealkylation sites (N-methyl/N-ethyl adjacent to an activating group) is 1. The van der Waals surface area contributed by atoms with Crippen LogP contribution in [0.15, 0.2) is 84.9 Å². The Bertz CT molecular complexity index is 1700. The van der Waals surface area contributed by atoms with E-state index in [1.54, 1.807) is 17.0 Å². The molecule has 4 N–H and O–H groups in total. The second kappa shape index (κ2) is 11.8. The van der Waals surface area contributed by atoms with Crippen LogP contribution in [0.5, 0.6) is 17.2 Å². The van der Waals surface area contributed by atoms with Crippen LogP contribution in [0.2, 0.25) is 0 Å². The van der Waals surface area contributed by atoms with Gasteiger partial charge in [-0.2, -0.15) is 0 Å². The minimum absolute atomic E-state index is 0.0578. The molecule has 2 aliphatic heterocycles. The monoisotopic (exact) mass is 595 g/mol. The molecule has 11 nitrogen and oxygen atoms in total. The number of nitrogens with zero attached hydrogens (tertiary/aromatic N) is 4. The predicted octanol–water partition coefficient (Wildman–Crippen LogP) is 3.14. The molecule has 2 aliphatic rings. The van der Waals surface area contributed by atoms with Gasteiger partial charge >= 0.3 is 6.03 Å². The quantitative estimate of drug-likeness (QED) is 0.252. The molecular weight excluding hydrogens is 562 g/mol. The second-order valence-corrected chi connectivity index (χ2v) is 11.1. The number of carbonyl (C=O) groups is 3. The molecule has 11 heteroatoms. The van der Waals surface area contributed by atoms with Crippen LogP contribution in [0, 0.1) is 0 Å². The highest BCUT2D eigenvalue weighted by molar-refractivity contribution is 5.92. The van der Waals surface area contributed by atoms with Crippen LogP contribution in [0.3, 0.4) is 0 Å². The minimum atomic E-state index is -1.04. The number of hydrazine groups is 1. The molecule has 2 atom stereocenters. The van der Waals surface area contributed by atoms with Crippen LogP contribution < -0.4 is 5.32 Å². The Balaban J connectivity index is 1.36. The maximum atomic E-state index is 14.2. The summed E-state index contributed by atoms with van der Waals surface area (Å²) in [5.74, 6) is -2.42. The fourth-order valence-electron chi connectivity index (χ4n) is 6.14. The highest BCUT2D eigenvalue weighted by atomic mass is 16.3. The standard InChI is InChI=1S/C33H33N5O6/c1-35-20-30(41)37-26(14-22-15-27(39)31(42)28(40)16-22)32(43)36(18-24-12-7-11-23-10-5-6-13-25(23)24)19-29(37)38(35)33(44)34-17-21-8-3-2-4-9-21/h2-13,15-16,26,29,39-40,42H,14,17-20H2,1H3,(H,34,44)/t26-,29-/m0/s1. The lowest BCUT2D eigenvalue weighted by atomic mass is 9.97. The number of nitrogens with one attached hydrogen (secondary N) is 1. The van der Waals surface area contributed by atoms with Crippen molar-refractivity contribution >= 4 is 28.6 Å². The number of rotatable bonds is 6. The Labute approximate surface area is 254 Å². The first kappa shape index (κ1) is 28.8. The topological polar surface area (TPSA) is 137 Å². The summed E-state index contributed by atoms with van der Waals surface area (Å²) in [4.78, 5) is 44.6. The fraction of sp³-hybridized carbons (Fsp3) is 0.242. The highest BCUT2D eigenvalue weighted by Gasteiger charge is 2.50. The largest absolute Gasteiger partial charge is 0.504 e. The molecular formula is C33H33N5O6. The van der Waals surface area contributed by atoms with E-state index in [0.717, 1.165) is 21.9 Å². The zero-order valence-electron chi connectivity index (χ0n) is 24.1. The van der Waals surface area contributed by atoms with Crippen molar-refractivity contribution < 1.29 is 29.7 Å². The van der Waals surface area contributed by atoms with Crippen molar-refractivity contribution in [1.29, 1.82) is 0 Å². The minimum Gasteiger partial charge on any atom is -0.504 e. The highest BCUT2D eigenvalue weighted by Crippen LogP contribution is 2.37. The molecule has 0 bridgehead atoms. The van der Waals surface area contributed by atoms with Gasteiger partial charge in [-0.25, -0.2) is 14.8 Å². The number of benzene rings is 4. The zero-order chi connectivity index (χ0) is 31.0. The summed E-state index contributed by atoms with van der Waals surface area (Å²) in [7, 11) is 1.66. The van der Waals surface area contributed by atoms with E-state index < -0.39 is 35.5 Å². The van der Waals surface area contributed by atoms with E-state index in [-0.39, 0.29) is 44.4 Å². The number of phenols is 3. The van der Waals surface area contributed by atoms with Crippen LogP contribution in [0.1, 0.15) is 16.7 Å². The molecule has 6 rings (SSSR count). The van der Waals surface area contributed by atoms with Crippen molar-refractivity contribution in [2.45, 2.75) is 31.7 Å². The summed E-state index contributed by atoms with van der Waals surface area (Å²) in [5, 5.41) is 38.2. The van der Waals surface area contributed by atoms with E-state index in [4.69, 9.17) is 0 Å². The van der Waals surface area contributed by atoms with E-state index in [1.807, 2.05) is 72.8 Å². The number of phenolic OH excluding ortho intramolecular Hbond substituents is 3. The van der Waals surface area contributed by atoms with Crippen LogP contribution >= 0.6 is 0 Å². The number of aromatic hydroxyl groups is 3. The molecule has 0 aromatic heterocycles. The first-order chi connectivity index (χ1) is 21.2. The lowest BCUT2D eigenvalue weighted by Crippen LogP contribution is -2.76. The van der Waals surface area contributed by atoms with E-state index in [9.17, 15) is 29.7 Å². The van der Waals surface area contributed by atoms with Gasteiger partial charge in [-0.05, 0) is 39.6 Å². The maximum Gasteiger partial charge on any atom is 0.334 e. The van der Waals surface area contributed by atoms with Crippen molar-refractivity contribution in [1.82, 2.24) is 25.1 Å². The van der Waals surface area contributed by atoms with E-state index in [2.05, 4.69) is 5.32 Å². The van der Waals surface area contributed by atoms with Gasteiger partial charge < -0.3 is 30.4 Å². The van der Waals surface area contributed by atoms with E-state index in [1.165, 1.54) is 22.0 Å². The number of carbonyl (C=O) groups excluding carboxylic acids is 3. The molecule has 4 amide bonds. The molecule has 4 aromatic rings. The number of fused-ring (bicyclic) bond motifs is 2. The second-order valence-electron chi connectivity index (χ2n) is 11.1. The van der Waals surface area contributed by atoms with Gasteiger partial charge in [0.15, 0.2) is 17.2 Å². The maximum absolute atomic E-state index is 14.2. The molecule has 0 saturated carbocycles. The van der Waals surface area contributed by atoms with Gasteiger partial charge in [0.05, 0.1) is 13.1 Å². The molecule has 2 fully saturated rings. The predicted molar refractivity (Wildman–Crippen MR) is 162 cm³/mol. The molecule has 0 spiro atoms. The van der Waals surface area contributed by atoms with Crippen LogP contribution in [0.25, 0.3) is 10.8 Å². The van der Waals surface area contributed by atoms with Gasteiger partial charge in [0.2, 0.25) is 11.8 Å². The van der Waals surface area contributed by atoms with Gasteiger partial charge in [-0.1, -0.05) is 72.8 Å². The van der Waals surface area contributed by atoms with E-state index >= 15 is 0 Å². The molecule has 0 aliphatic carbocycles. The average Bonchev–Trinajstić information content (AvgIpc) is 3.01. The lowest BCUT2D eigenvalue weighted by Gasteiger charge is -2.54. The van der Waals surface area contributed by atoms with Gasteiger partial charge in [0.25, 0.3) is 0 Å². The normalized spacial score (nSPS) is 18.9. The summed E-state index contributed by atoms with van der Waals surface area (Å²) < 4.78 is 0. The van der Waals surface area contributed by atoms with E-state index in [0.29, 0.717) is 5.56 Å². The first-order valence-electron chi connectivity index (χ1n) is 14.3. The molecule has 0 unspecified atom stereocenters. The Morgan fingerprint density at radius 2 is 1.57 bits per heavy atom. The van der Waals surface area contributed by atoms with Crippen molar-refractivity contribution in [3.63, 3.8) is 0 Å². The summed E-state index contributed by atoms with van der Waals surface area (Å²) in [6, 6.07) is 24.3. The van der Waals surface area contributed by atoms with Crippen LogP contribution in [0.4, 0.5) is 4.79 Å². The van der Waals surface area contributed by atoms with Crippen LogP contribution in [-0.2, 0) is 29.1 Å².